The monoisotopic (exact) mass is 113 g/mol. The summed E-state index contributed by atoms with van der Waals surface area (Å²) in [5, 5.41) is 0. The molecule has 0 amide bonds. The van der Waals surface area contributed by atoms with Gasteiger partial charge < -0.3 is 4.74 Å². The molecule has 1 aliphatic carbocycles. The van der Waals surface area contributed by atoms with Crippen LogP contribution >= 0.6 is 0 Å². The van der Waals surface area contributed by atoms with Crippen molar-refractivity contribution in [2.24, 2.45) is 0 Å². The lowest BCUT2D eigenvalue weighted by molar-refractivity contribution is 0.0928. The molecule has 0 aromatic heterocycles. The molecule has 0 heterocycles. The van der Waals surface area contributed by atoms with Gasteiger partial charge in [0.25, 0.3) is 0 Å². The summed E-state index contributed by atoms with van der Waals surface area (Å²) in [4.78, 5) is 0. The van der Waals surface area contributed by atoms with E-state index in [-0.39, 0.29) is 0 Å². The minimum atomic E-state index is 0.406. The predicted molar refractivity (Wildman–Crippen MR) is 33.6 cm³/mol. The molecule has 0 aromatic rings. The molecule has 1 nitrogen and oxygen atoms in total. The molecule has 1 aliphatic rings. The summed E-state index contributed by atoms with van der Waals surface area (Å²) in [6, 6.07) is 0. The fourth-order valence-corrected chi connectivity index (χ4v) is 0.517. The van der Waals surface area contributed by atoms with Crippen LogP contribution in [0.3, 0.4) is 0 Å². The highest BCUT2D eigenvalue weighted by Gasteiger charge is 2.22. The van der Waals surface area contributed by atoms with E-state index in [1.807, 2.05) is 0 Å². The van der Waals surface area contributed by atoms with Crippen molar-refractivity contribution in [2.45, 2.75) is 32.8 Å². The van der Waals surface area contributed by atoms with E-state index < -0.39 is 0 Å². The quantitative estimate of drug-likeness (QED) is 0.542. The minimum absolute atomic E-state index is 0.406. The van der Waals surface area contributed by atoms with E-state index in [9.17, 15) is 0 Å². The second-order valence-electron chi connectivity index (χ2n) is 2.61. The van der Waals surface area contributed by atoms with Crippen LogP contribution in [-0.4, -0.2) is 12.7 Å². The first kappa shape index (κ1) is 6.09. The first-order valence-corrected chi connectivity index (χ1v) is 3.24. The molecule has 0 aliphatic heterocycles. The van der Waals surface area contributed by atoms with E-state index in [0.29, 0.717) is 6.10 Å². The third kappa shape index (κ3) is 2.31. The molecule has 1 heteroatoms. The summed E-state index contributed by atoms with van der Waals surface area (Å²) in [6.07, 6.45) is 3.03. The minimum Gasteiger partial charge on any atom is -0.378 e. The molecular weight excluding hydrogens is 100 g/mol. The van der Waals surface area contributed by atoms with Gasteiger partial charge in [-0.15, -0.1) is 0 Å². The van der Waals surface area contributed by atoms with Gasteiger partial charge in [-0.2, -0.15) is 0 Å². The Morgan fingerprint density at radius 1 is 1.50 bits per heavy atom. The highest BCUT2D eigenvalue weighted by Crippen LogP contribution is 2.31. The second-order valence-corrected chi connectivity index (χ2v) is 2.61. The van der Waals surface area contributed by atoms with Crippen molar-refractivity contribution >= 4 is 0 Å². The fraction of sp³-hybridized carbons (Fsp3) is 0.857. The zero-order valence-electron chi connectivity index (χ0n) is 5.61. The third-order valence-corrected chi connectivity index (χ3v) is 1.22. The van der Waals surface area contributed by atoms with Gasteiger partial charge in [-0.25, -0.2) is 0 Å². The molecule has 1 saturated carbocycles. The van der Waals surface area contributed by atoms with E-state index in [0.717, 1.165) is 6.61 Å². The van der Waals surface area contributed by atoms with Gasteiger partial charge in [0.1, 0.15) is 0 Å². The second kappa shape index (κ2) is 2.49. The van der Waals surface area contributed by atoms with Gasteiger partial charge in [0, 0.05) is 5.92 Å². The van der Waals surface area contributed by atoms with Crippen molar-refractivity contribution in [3.8, 4) is 0 Å². The Labute approximate surface area is 51.0 Å². The van der Waals surface area contributed by atoms with Crippen LogP contribution in [0.5, 0.6) is 0 Å². The van der Waals surface area contributed by atoms with Crippen LogP contribution in [-0.2, 0) is 4.74 Å². The normalized spacial score (nSPS) is 19.9. The Bertz CT molecular complexity index is 62.8. The summed E-state index contributed by atoms with van der Waals surface area (Å²) < 4.78 is 5.33. The molecular formula is C7H13O. The average Bonchev–Trinajstić information content (AvgIpc) is 2.41. The Kier molecular flexibility index (Phi) is 1.90. The summed E-state index contributed by atoms with van der Waals surface area (Å²) >= 11 is 0. The van der Waals surface area contributed by atoms with E-state index in [2.05, 4.69) is 13.8 Å². The van der Waals surface area contributed by atoms with Crippen LogP contribution in [0.1, 0.15) is 26.7 Å². The Morgan fingerprint density at radius 2 is 2.12 bits per heavy atom. The lowest BCUT2D eigenvalue weighted by atomic mass is 10.4. The molecule has 0 aromatic carbocycles. The van der Waals surface area contributed by atoms with Crippen molar-refractivity contribution in [1.82, 2.24) is 0 Å². The zero-order chi connectivity index (χ0) is 5.98. The molecule has 0 N–H and O–H groups in total. The number of ether oxygens (including phenoxy) is 1. The van der Waals surface area contributed by atoms with Gasteiger partial charge in [-0.1, -0.05) is 0 Å². The molecule has 0 spiro atoms. The standard InChI is InChI=1S/C7H13O/c1-6(2)8-5-7-3-4-7/h6H,3-5H2,1-2H3. The Morgan fingerprint density at radius 3 is 2.50 bits per heavy atom. The van der Waals surface area contributed by atoms with Crippen LogP contribution < -0.4 is 0 Å². The van der Waals surface area contributed by atoms with Crippen LogP contribution in [0, 0.1) is 5.92 Å². The molecule has 47 valence electrons. The van der Waals surface area contributed by atoms with Crippen LogP contribution in [0.15, 0.2) is 0 Å². The lowest BCUT2D eigenvalue weighted by Crippen LogP contribution is -2.03. The first-order chi connectivity index (χ1) is 3.79. The molecule has 1 rings (SSSR count). The molecule has 0 unspecified atom stereocenters. The molecule has 0 atom stereocenters. The molecule has 1 radical (unpaired) electrons. The molecule has 8 heavy (non-hydrogen) atoms. The number of hydrogen-bond donors (Lipinski definition) is 0. The summed E-state index contributed by atoms with van der Waals surface area (Å²) in [7, 11) is 0. The maximum atomic E-state index is 5.33. The van der Waals surface area contributed by atoms with Crippen molar-refractivity contribution in [3.63, 3.8) is 0 Å². The smallest absolute Gasteiger partial charge is 0.0532 e. The SMILES string of the molecule is CC(C)OC[C]1CC1. The summed E-state index contributed by atoms with van der Waals surface area (Å²) in [5.74, 6) is 1.58. The average molecular weight is 113 g/mol. The van der Waals surface area contributed by atoms with E-state index >= 15 is 0 Å². The van der Waals surface area contributed by atoms with Crippen LogP contribution in [0.4, 0.5) is 0 Å². The van der Waals surface area contributed by atoms with Crippen molar-refractivity contribution in [1.29, 1.82) is 0 Å². The maximum absolute atomic E-state index is 5.33. The summed E-state index contributed by atoms with van der Waals surface area (Å²) in [5.41, 5.74) is 0. The van der Waals surface area contributed by atoms with Crippen molar-refractivity contribution in [2.75, 3.05) is 6.61 Å². The predicted octanol–water partition coefficient (Wildman–Crippen LogP) is 1.78. The molecule has 1 fully saturated rings. The van der Waals surface area contributed by atoms with Gasteiger partial charge >= 0.3 is 0 Å². The highest BCUT2D eigenvalue weighted by atomic mass is 16.5. The highest BCUT2D eigenvalue weighted by molar-refractivity contribution is 5.05. The fourth-order valence-electron chi connectivity index (χ4n) is 0.517. The van der Waals surface area contributed by atoms with Crippen molar-refractivity contribution < 1.29 is 4.74 Å². The topological polar surface area (TPSA) is 9.23 Å². The maximum Gasteiger partial charge on any atom is 0.0532 e. The zero-order valence-corrected chi connectivity index (χ0v) is 5.61. The Balaban J connectivity index is 1.87. The van der Waals surface area contributed by atoms with Crippen LogP contribution in [0.25, 0.3) is 0 Å². The van der Waals surface area contributed by atoms with Gasteiger partial charge in [0.2, 0.25) is 0 Å². The van der Waals surface area contributed by atoms with Crippen LogP contribution in [0.2, 0.25) is 0 Å². The van der Waals surface area contributed by atoms with E-state index in [1.165, 1.54) is 12.8 Å². The number of hydrogen-bond acceptors (Lipinski definition) is 1. The lowest BCUT2D eigenvalue weighted by Gasteiger charge is -2.03. The van der Waals surface area contributed by atoms with Gasteiger partial charge in [-0.3, -0.25) is 0 Å². The first-order valence-electron chi connectivity index (χ1n) is 3.24. The van der Waals surface area contributed by atoms with Gasteiger partial charge in [0.05, 0.1) is 12.7 Å². The Hall–Kier alpha value is -0.0400. The van der Waals surface area contributed by atoms with E-state index in [4.69, 9.17) is 4.74 Å². The largest absolute Gasteiger partial charge is 0.378 e. The number of rotatable bonds is 3. The van der Waals surface area contributed by atoms with E-state index in [1.54, 1.807) is 5.92 Å². The van der Waals surface area contributed by atoms with Gasteiger partial charge in [-0.05, 0) is 26.7 Å². The van der Waals surface area contributed by atoms with Crippen molar-refractivity contribution in [3.05, 3.63) is 5.92 Å². The molecule has 0 saturated heterocycles. The summed E-state index contributed by atoms with van der Waals surface area (Å²) in [6.45, 7) is 5.06. The third-order valence-electron chi connectivity index (χ3n) is 1.22. The molecule has 0 bridgehead atoms. The van der Waals surface area contributed by atoms with Gasteiger partial charge in [0.15, 0.2) is 0 Å².